The number of H-pyrrole nitrogens is 1. The third kappa shape index (κ3) is 3.15. The van der Waals surface area contributed by atoms with Crippen molar-refractivity contribution in [3.63, 3.8) is 0 Å². The fourth-order valence-corrected chi connectivity index (χ4v) is 2.22. The van der Waals surface area contributed by atoms with E-state index in [1.807, 2.05) is 19.9 Å². The number of aromatic nitrogens is 3. The molecule has 0 fully saturated rings. The molecule has 0 radical (unpaired) electrons. The van der Waals surface area contributed by atoms with E-state index in [9.17, 15) is 4.79 Å². The minimum Gasteiger partial charge on any atom is -0.465 e. The lowest BCUT2D eigenvalue weighted by Crippen LogP contribution is -2.19. The molecule has 0 aliphatic carbocycles. The number of fused-ring (bicyclic) bond motifs is 1. The molecule has 1 unspecified atom stereocenters. The molecular weight excluding hydrogens is 254 g/mol. The Morgan fingerprint density at radius 3 is 2.85 bits per heavy atom. The third-order valence-corrected chi connectivity index (χ3v) is 3.10. The van der Waals surface area contributed by atoms with Crippen LogP contribution in [0.2, 0.25) is 0 Å². The van der Waals surface area contributed by atoms with Gasteiger partial charge >= 0.3 is 5.97 Å². The SMILES string of the molecule is CCOC(=O)C(CC(C)C)c1nc2ncc(C)cc2[nH]1. The van der Waals surface area contributed by atoms with Crippen LogP contribution in [0.1, 0.15) is 44.5 Å². The van der Waals surface area contributed by atoms with Crippen molar-refractivity contribution in [2.75, 3.05) is 6.61 Å². The van der Waals surface area contributed by atoms with Crippen molar-refractivity contribution in [2.24, 2.45) is 5.92 Å². The highest BCUT2D eigenvalue weighted by atomic mass is 16.5. The van der Waals surface area contributed by atoms with E-state index in [1.54, 1.807) is 6.20 Å². The molecule has 1 atom stereocenters. The Morgan fingerprint density at radius 1 is 1.45 bits per heavy atom. The lowest BCUT2D eigenvalue weighted by atomic mass is 9.96. The van der Waals surface area contributed by atoms with E-state index in [-0.39, 0.29) is 11.9 Å². The highest BCUT2D eigenvalue weighted by Crippen LogP contribution is 2.25. The molecule has 2 aromatic rings. The predicted octanol–water partition coefficient (Wildman–Crippen LogP) is 2.96. The summed E-state index contributed by atoms with van der Waals surface area (Å²) in [6, 6.07) is 1.98. The minimum absolute atomic E-state index is 0.225. The van der Waals surface area contributed by atoms with Crippen LogP contribution in [0, 0.1) is 12.8 Å². The Bertz CT molecular complexity index is 604. The summed E-state index contributed by atoms with van der Waals surface area (Å²) < 4.78 is 5.16. The number of rotatable bonds is 5. The van der Waals surface area contributed by atoms with E-state index in [0.29, 0.717) is 30.4 Å². The molecule has 0 bridgehead atoms. The van der Waals surface area contributed by atoms with Crippen molar-refractivity contribution < 1.29 is 9.53 Å². The summed E-state index contributed by atoms with van der Waals surface area (Å²) in [5.41, 5.74) is 2.56. The highest BCUT2D eigenvalue weighted by Gasteiger charge is 2.26. The number of hydrogen-bond donors (Lipinski definition) is 1. The van der Waals surface area contributed by atoms with Crippen LogP contribution >= 0.6 is 0 Å². The number of nitrogens with zero attached hydrogens (tertiary/aromatic N) is 2. The van der Waals surface area contributed by atoms with E-state index in [2.05, 4.69) is 28.8 Å². The summed E-state index contributed by atoms with van der Waals surface area (Å²) in [6.45, 7) is 8.33. The van der Waals surface area contributed by atoms with Crippen molar-refractivity contribution in [1.29, 1.82) is 0 Å². The number of aryl methyl sites for hydroxylation is 1. The van der Waals surface area contributed by atoms with Gasteiger partial charge in [-0.3, -0.25) is 4.79 Å². The first-order valence-corrected chi connectivity index (χ1v) is 7.00. The average Bonchev–Trinajstić information content (AvgIpc) is 2.78. The van der Waals surface area contributed by atoms with E-state index >= 15 is 0 Å². The van der Waals surface area contributed by atoms with Gasteiger partial charge in [0.15, 0.2) is 5.65 Å². The Balaban J connectivity index is 2.36. The number of pyridine rings is 1. The van der Waals surface area contributed by atoms with Crippen molar-refractivity contribution in [3.8, 4) is 0 Å². The van der Waals surface area contributed by atoms with Crippen LogP contribution in [0.25, 0.3) is 11.2 Å². The average molecular weight is 275 g/mol. The highest BCUT2D eigenvalue weighted by molar-refractivity contribution is 5.79. The van der Waals surface area contributed by atoms with Crippen LogP contribution in [0.15, 0.2) is 12.3 Å². The standard InChI is InChI=1S/C15H21N3O2/c1-5-20-15(19)11(6-9(2)3)13-17-12-7-10(4)8-16-14(12)18-13/h7-9,11H,5-6H2,1-4H3,(H,16,17,18). The van der Waals surface area contributed by atoms with Crippen LogP contribution in [0.4, 0.5) is 0 Å². The molecule has 0 saturated heterocycles. The van der Waals surface area contributed by atoms with E-state index in [4.69, 9.17) is 4.74 Å². The molecule has 5 heteroatoms. The van der Waals surface area contributed by atoms with Gasteiger partial charge in [0, 0.05) is 6.20 Å². The van der Waals surface area contributed by atoms with Crippen LogP contribution in [0.5, 0.6) is 0 Å². The summed E-state index contributed by atoms with van der Waals surface area (Å²) in [4.78, 5) is 24.0. The van der Waals surface area contributed by atoms with Gasteiger partial charge in [0.1, 0.15) is 11.7 Å². The zero-order valence-corrected chi connectivity index (χ0v) is 12.4. The second-order valence-corrected chi connectivity index (χ2v) is 5.44. The third-order valence-electron chi connectivity index (χ3n) is 3.10. The molecule has 20 heavy (non-hydrogen) atoms. The van der Waals surface area contributed by atoms with Gasteiger partial charge in [0.25, 0.3) is 0 Å². The van der Waals surface area contributed by atoms with Gasteiger partial charge in [0.2, 0.25) is 0 Å². The number of imidazole rings is 1. The second kappa shape index (κ2) is 6.03. The summed E-state index contributed by atoms with van der Waals surface area (Å²) in [7, 11) is 0. The lowest BCUT2D eigenvalue weighted by molar-refractivity contribution is -0.145. The summed E-state index contributed by atoms with van der Waals surface area (Å²) in [5.74, 6) is 0.444. The zero-order chi connectivity index (χ0) is 14.7. The molecule has 2 heterocycles. The number of nitrogens with one attached hydrogen (secondary N) is 1. The fraction of sp³-hybridized carbons (Fsp3) is 0.533. The first-order chi connectivity index (χ1) is 9.51. The van der Waals surface area contributed by atoms with E-state index < -0.39 is 0 Å². The zero-order valence-electron chi connectivity index (χ0n) is 12.4. The molecule has 0 saturated carbocycles. The monoisotopic (exact) mass is 275 g/mol. The summed E-state index contributed by atoms with van der Waals surface area (Å²) >= 11 is 0. The molecule has 0 spiro atoms. The maximum atomic E-state index is 12.1. The molecule has 1 N–H and O–H groups in total. The van der Waals surface area contributed by atoms with Gasteiger partial charge in [-0.1, -0.05) is 13.8 Å². The Morgan fingerprint density at radius 2 is 2.20 bits per heavy atom. The maximum Gasteiger partial charge on any atom is 0.316 e. The largest absolute Gasteiger partial charge is 0.465 e. The summed E-state index contributed by atoms with van der Waals surface area (Å²) in [6.07, 6.45) is 2.48. The van der Waals surface area contributed by atoms with Crippen LogP contribution in [-0.2, 0) is 9.53 Å². The quantitative estimate of drug-likeness (QED) is 0.852. The van der Waals surface area contributed by atoms with Crippen LogP contribution in [-0.4, -0.2) is 27.5 Å². The van der Waals surface area contributed by atoms with E-state index in [1.165, 1.54) is 0 Å². The fourth-order valence-electron chi connectivity index (χ4n) is 2.22. The molecule has 2 rings (SSSR count). The van der Waals surface area contributed by atoms with E-state index in [0.717, 1.165) is 11.1 Å². The number of carbonyl (C=O) groups excluding carboxylic acids is 1. The van der Waals surface area contributed by atoms with Crippen molar-refractivity contribution in [3.05, 3.63) is 23.7 Å². The predicted molar refractivity (Wildman–Crippen MR) is 77.5 cm³/mol. The Labute approximate surface area is 118 Å². The molecule has 0 aliphatic heterocycles. The van der Waals surface area contributed by atoms with Gasteiger partial charge in [-0.15, -0.1) is 0 Å². The number of aromatic amines is 1. The van der Waals surface area contributed by atoms with Crippen molar-refractivity contribution in [2.45, 2.75) is 40.0 Å². The number of hydrogen-bond acceptors (Lipinski definition) is 4. The summed E-state index contributed by atoms with van der Waals surface area (Å²) in [5, 5.41) is 0. The van der Waals surface area contributed by atoms with Crippen LogP contribution < -0.4 is 0 Å². The van der Waals surface area contributed by atoms with Gasteiger partial charge in [0.05, 0.1) is 12.1 Å². The topological polar surface area (TPSA) is 67.9 Å². The van der Waals surface area contributed by atoms with Gasteiger partial charge in [-0.25, -0.2) is 9.97 Å². The number of carbonyl (C=O) groups is 1. The molecule has 0 aliphatic rings. The second-order valence-electron chi connectivity index (χ2n) is 5.44. The van der Waals surface area contributed by atoms with Gasteiger partial charge < -0.3 is 9.72 Å². The Hall–Kier alpha value is -1.91. The lowest BCUT2D eigenvalue weighted by Gasteiger charge is -2.15. The first-order valence-electron chi connectivity index (χ1n) is 7.00. The molecule has 108 valence electrons. The number of esters is 1. The molecule has 0 aromatic carbocycles. The van der Waals surface area contributed by atoms with Gasteiger partial charge in [-0.05, 0) is 37.8 Å². The molecule has 2 aromatic heterocycles. The molecule has 5 nitrogen and oxygen atoms in total. The molecule has 0 amide bonds. The normalized spacial score (nSPS) is 12.8. The number of ether oxygens (including phenoxy) is 1. The van der Waals surface area contributed by atoms with Crippen molar-refractivity contribution >= 4 is 17.1 Å². The van der Waals surface area contributed by atoms with Crippen LogP contribution in [0.3, 0.4) is 0 Å². The minimum atomic E-state index is -0.357. The Kier molecular flexibility index (Phi) is 4.37. The van der Waals surface area contributed by atoms with Gasteiger partial charge in [-0.2, -0.15) is 0 Å². The smallest absolute Gasteiger partial charge is 0.316 e. The molecular formula is C15H21N3O2. The first kappa shape index (κ1) is 14.5. The maximum absolute atomic E-state index is 12.1. The van der Waals surface area contributed by atoms with Crippen molar-refractivity contribution in [1.82, 2.24) is 15.0 Å².